The second kappa shape index (κ2) is 7.13. The Hall–Kier alpha value is -1.97. The Labute approximate surface area is 167 Å². The number of aliphatic hydroxyl groups is 2. The van der Waals surface area contributed by atoms with Crippen LogP contribution in [0.2, 0.25) is 0 Å². The highest BCUT2D eigenvalue weighted by molar-refractivity contribution is 7.15. The zero-order valence-electron chi connectivity index (χ0n) is 15.5. The molecule has 0 amide bonds. The van der Waals surface area contributed by atoms with Crippen molar-refractivity contribution in [2.24, 2.45) is 0 Å². The molecule has 0 saturated carbocycles. The van der Waals surface area contributed by atoms with Gasteiger partial charge in [0.05, 0.1) is 18.0 Å². The van der Waals surface area contributed by atoms with Crippen molar-refractivity contribution in [1.82, 2.24) is 14.9 Å². The van der Waals surface area contributed by atoms with E-state index in [0.29, 0.717) is 32.7 Å². The van der Waals surface area contributed by atoms with E-state index in [2.05, 4.69) is 20.2 Å². The summed E-state index contributed by atoms with van der Waals surface area (Å²) in [6.07, 6.45) is 0.781. The molecule has 2 unspecified atom stereocenters. The number of thiazole rings is 1. The van der Waals surface area contributed by atoms with Crippen molar-refractivity contribution in [3.05, 3.63) is 46.6 Å². The van der Waals surface area contributed by atoms with Gasteiger partial charge in [-0.2, -0.15) is 0 Å². The first-order chi connectivity index (χ1) is 13.6. The van der Waals surface area contributed by atoms with E-state index in [1.165, 1.54) is 4.88 Å². The minimum atomic E-state index is -0.802. The number of ether oxygens (including phenoxy) is 1. The summed E-state index contributed by atoms with van der Waals surface area (Å²) in [6.45, 7) is 2.84. The molecule has 8 heteroatoms. The van der Waals surface area contributed by atoms with Crippen LogP contribution in [0.4, 0.5) is 5.13 Å². The summed E-state index contributed by atoms with van der Waals surface area (Å²) >= 11 is 1.60. The molecular formula is C20H24N4O3S. The fourth-order valence-corrected chi connectivity index (χ4v) is 4.94. The molecule has 4 N–H and O–H groups in total. The average Bonchev–Trinajstić information content (AvgIpc) is 3.42. The molecule has 1 fully saturated rings. The van der Waals surface area contributed by atoms with Gasteiger partial charge < -0.3 is 25.3 Å². The normalized spacial score (nSPS) is 23.8. The number of fused-ring (bicyclic) bond motifs is 2. The van der Waals surface area contributed by atoms with Gasteiger partial charge in [-0.25, -0.2) is 4.98 Å². The number of aliphatic hydroxyl groups excluding tert-OH is 1. The fourth-order valence-electron chi connectivity index (χ4n) is 3.91. The molecule has 2 atom stereocenters. The first-order valence-corrected chi connectivity index (χ1v) is 10.4. The molecule has 1 saturated heterocycles. The first-order valence-electron chi connectivity index (χ1n) is 9.62. The van der Waals surface area contributed by atoms with Gasteiger partial charge in [0.1, 0.15) is 11.8 Å². The maximum atomic E-state index is 10.9. The molecule has 2 aliphatic heterocycles. The van der Waals surface area contributed by atoms with Crippen molar-refractivity contribution >= 4 is 27.4 Å². The Bertz CT molecular complexity index is 946. The minimum absolute atomic E-state index is 0.371. The number of aromatic amines is 1. The lowest BCUT2D eigenvalue weighted by atomic mass is 10.0. The summed E-state index contributed by atoms with van der Waals surface area (Å²) in [4.78, 5) is 11.2. The van der Waals surface area contributed by atoms with E-state index in [9.17, 15) is 10.2 Å². The monoisotopic (exact) mass is 400 g/mol. The molecule has 28 heavy (non-hydrogen) atoms. The number of hydrogen-bond donors (Lipinski definition) is 4. The Balaban J connectivity index is 1.27. The van der Waals surface area contributed by atoms with Gasteiger partial charge in [-0.15, -0.1) is 11.3 Å². The van der Waals surface area contributed by atoms with E-state index in [0.717, 1.165) is 40.4 Å². The molecule has 2 aromatic heterocycles. The van der Waals surface area contributed by atoms with Gasteiger partial charge in [0.2, 0.25) is 0 Å². The van der Waals surface area contributed by atoms with Gasteiger partial charge in [-0.1, -0.05) is 18.2 Å². The Morgan fingerprint density at radius 1 is 1.39 bits per heavy atom. The zero-order chi connectivity index (χ0) is 19.1. The summed E-state index contributed by atoms with van der Waals surface area (Å²) in [5, 5.41) is 26.5. The predicted octanol–water partition coefficient (Wildman–Crippen LogP) is 2.24. The van der Waals surface area contributed by atoms with Crippen LogP contribution in [-0.4, -0.2) is 57.0 Å². The van der Waals surface area contributed by atoms with E-state index < -0.39 is 11.8 Å². The highest BCUT2D eigenvalue weighted by Crippen LogP contribution is 2.33. The summed E-state index contributed by atoms with van der Waals surface area (Å²) in [5.74, 6) is 0. The molecule has 0 bridgehead atoms. The third kappa shape index (κ3) is 3.42. The minimum Gasteiger partial charge on any atom is -0.386 e. The molecule has 0 spiro atoms. The third-order valence-electron chi connectivity index (χ3n) is 5.59. The summed E-state index contributed by atoms with van der Waals surface area (Å²) in [7, 11) is 0. The number of rotatable bonds is 5. The van der Waals surface area contributed by atoms with Gasteiger partial charge in [-0.3, -0.25) is 4.90 Å². The highest BCUT2D eigenvalue weighted by atomic mass is 32.1. The van der Waals surface area contributed by atoms with Crippen LogP contribution in [0.5, 0.6) is 0 Å². The van der Waals surface area contributed by atoms with Crippen molar-refractivity contribution in [3.63, 3.8) is 0 Å². The predicted molar refractivity (Wildman–Crippen MR) is 108 cm³/mol. The standard InChI is InChI=1S/C20H24N4O3S/c25-18(16-9-13-3-1-2-4-14(13)22-16)24-7-5-15-17(10-24)28-19(23-15)21-11-20(26)6-8-27-12-20/h1-4,9,18,22,25-26H,5-8,10-12H2,(H,21,23). The molecule has 3 aromatic rings. The number of aromatic nitrogens is 2. The summed E-state index contributed by atoms with van der Waals surface area (Å²) < 4.78 is 5.29. The average molecular weight is 401 g/mol. The third-order valence-corrected chi connectivity index (χ3v) is 6.63. The van der Waals surface area contributed by atoms with E-state index in [4.69, 9.17) is 4.74 Å². The number of anilines is 1. The SMILES string of the molecule is OC(c1cc2ccccc2[nH]1)N1CCc2nc(NCC3(O)CCOC3)sc2C1. The molecule has 5 rings (SSSR count). The Morgan fingerprint density at radius 2 is 2.29 bits per heavy atom. The molecule has 0 radical (unpaired) electrons. The summed E-state index contributed by atoms with van der Waals surface area (Å²) in [6, 6.07) is 10.1. The van der Waals surface area contributed by atoms with Crippen LogP contribution in [-0.2, 0) is 17.7 Å². The second-order valence-corrected chi connectivity index (χ2v) is 8.76. The van der Waals surface area contributed by atoms with Gasteiger partial charge in [0.15, 0.2) is 5.13 Å². The van der Waals surface area contributed by atoms with Gasteiger partial charge in [0.25, 0.3) is 0 Å². The number of benzene rings is 1. The van der Waals surface area contributed by atoms with Crippen molar-refractivity contribution < 1.29 is 14.9 Å². The van der Waals surface area contributed by atoms with E-state index in [1.807, 2.05) is 30.3 Å². The Morgan fingerprint density at radius 3 is 3.11 bits per heavy atom. The quantitative estimate of drug-likeness (QED) is 0.525. The van der Waals surface area contributed by atoms with Crippen LogP contribution in [0.3, 0.4) is 0 Å². The first kappa shape index (κ1) is 18.1. The van der Waals surface area contributed by atoms with Gasteiger partial charge >= 0.3 is 0 Å². The lowest BCUT2D eigenvalue weighted by molar-refractivity contribution is -0.00985. The lowest BCUT2D eigenvalue weighted by Crippen LogP contribution is -2.37. The molecule has 7 nitrogen and oxygen atoms in total. The largest absolute Gasteiger partial charge is 0.386 e. The van der Waals surface area contributed by atoms with Gasteiger partial charge in [0, 0.05) is 49.5 Å². The molecule has 148 valence electrons. The van der Waals surface area contributed by atoms with Crippen molar-refractivity contribution in [2.75, 3.05) is 31.6 Å². The topological polar surface area (TPSA) is 93.6 Å². The van der Waals surface area contributed by atoms with Crippen molar-refractivity contribution in [2.45, 2.75) is 31.2 Å². The summed E-state index contributed by atoms with van der Waals surface area (Å²) in [5.41, 5.74) is 2.13. The number of para-hydroxylation sites is 1. The Kier molecular flexibility index (Phi) is 4.60. The van der Waals surface area contributed by atoms with E-state index in [-0.39, 0.29) is 0 Å². The zero-order valence-corrected chi connectivity index (χ0v) is 16.3. The van der Waals surface area contributed by atoms with Crippen LogP contribution >= 0.6 is 11.3 Å². The smallest absolute Gasteiger partial charge is 0.183 e. The van der Waals surface area contributed by atoms with Crippen LogP contribution in [0, 0.1) is 0 Å². The molecule has 0 aliphatic carbocycles. The highest BCUT2D eigenvalue weighted by Gasteiger charge is 2.33. The van der Waals surface area contributed by atoms with Crippen LogP contribution < -0.4 is 5.32 Å². The molecule has 1 aromatic carbocycles. The number of H-pyrrole nitrogens is 1. The molecular weight excluding hydrogens is 376 g/mol. The molecule has 4 heterocycles. The maximum Gasteiger partial charge on any atom is 0.183 e. The number of nitrogens with zero attached hydrogens (tertiary/aromatic N) is 2. The van der Waals surface area contributed by atoms with E-state index in [1.54, 1.807) is 11.3 Å². The number of nitrogens with one attached hydrogen (secondary N) is 2. The fraction of sp³-hybridized carbons (Fsp3) is 0.450. The molecule has 2 aliphatic rings. The van der Waals surface area contributed by atoms with Crippen molar-refractivity contribution in [3.8, 4) is 0 Å². The number of hydrogen-bond acceptors (Lipinski definition) is 7. The maximum absolute atomic E-state index is 10.9. The van der Waals surface area contributed by atoms with E-state index >= 15 is 0 Å². The second-order valence-electron chi connectivity index (χ2n) is 7.68. The lowest BCUT2D eigenvalue weighted by Gasteiger charge is -2.29. The van der Waals surface area contributed by atoms with Crippen LogP contribution in [0.15, 0.2) is 30.3 Å². The van der Waals surface area contributed by atoms with Crippen LogP contribution in [0.1, 0.15) is 28.9 Å². The van der Waals surface area contributed by atoms with Crippen molar-refractivity contribution in [1.29, 1.82) is 0 Å². The van der Waals surface area contributed by atoms with Crippen LogP contribution in [0.25, 0.3) is 10.9 Å². The van der Waals surface area contributed by atoms with Gasteiger partial charge in [-0.05, 0) is 17.5 Å².